The lowest BCUT2D eigenvalue weighted by Gasteiger charge is -2.12. The van der Waals surface area contributed by atoms with Crippen LogP contribution < -0.4 is 4.90 Å². The Hall–Kier alpha value is -1.22. The third-order valence-electron chi connectivity index (χ3n) is 2.55. The van der Waals surface area contributed by atoms with Crippen molar-refractivity contribution < 1.29 is 4.79 Å². The first-order chi connectivity index (χ1) is 7.72. The van der Waals surface area contributed by atoms with Gasteiger partial charge < -0.3 is 4.90 Å². The van der Waals surface area contributed by atoms with Gasteiger partial charge >= 0.3 is 0 Å². The van der Waals surface area contributed by atoms with Gasteiger partial charge in [-0.1, -0.05) is 30.8 Å². The van der Waals surface area contributed by atoms with Gasteiger partial charge in [-0.25, -0.2) is 0 Å². The Morgan fingerprint density at radius 1 is 1.44 bits per heavy atom. The summed E-state index contributed by atoms with van der Waals surface area (Å²) in [5.41, 5.74) is 1.18. The molecule has 0 atom stereocenters. The minimum atomic E-state index is 0.213. The molecule has 1 aliphatic heterocycles. The van der Waals surface area contributed by atoms with Crippen molar-refractivity contribution in [3.05, 3.63) is 35.4 Å². The number of nitrogens with zero attached hydrogens (tertiary/aromatic N) is 1. The first-order valence-electron chi connectivity index (χ1n) is 5.47. The van der Waals surface area contributed by atoms with E-state index < -0.39 is 0 Å². The van der Waals surface area contributed by atoms with E-state index in [2.05, 4.69) is 17.0 Å². The number of rotatable bonds is 3. The van der Waals surface area contributed by atoms with Crippen molar-refractivity contribution in [2.45, 2.75) is 24.7 Å². The molecular weight excluding hydrogens is 218 g/mol. The lowest BCUT2D eigenvalue weighted by molar-refractivity contribution is -0.114. The minimum absolute atomic E-state index is 0.213. The van der Waals surface area contributed by atoms with E-state index in [9.17, 15) is 4.79 Å². The maximum Gasteiger partial charge on any atom is 0.158 e. The number of anilines is 1. The number of para-hydroxylation sites is 1. The molecule has 1 aromatic rings. The zero-order valence-corrected chi connectivity index (χ0v) is 10.4. The van der Waals surface area contributed by atoms with Crippen LogP contribution >= 0.6 is 11.8 Å². The molecule has 0 aromatic heterocycles. The predicted octanol–water partition coefficient (Wildman–Crippen LogP) is 3.44. The van der Waals surface area contributed by atoms with Crippen LogP contribution in [0.15, 0.2) is 40.3 Å². The SMILES string of the molecule is CCCC(=O)/C=C1/Sc2ccccc2N1C. The molecule has 0 bridgehead atoms. The van der Waals surface area contributed by atoms with E-state index in [4.69, 9.17) is 0 Å². The normalized spacial score (nSPS) is 16.6. The van der Waals surface area contributed by atoms with Gasteiger partial charge in [0.15, 0.2) is 5.78 Å². The van der Waals surface area contributed by atoms with Crippen molar-refractivity contribution in [3.63, 3.8) is 0 Å². The topological polar surface area (TPSA) is 20.3 Å². The van der Waals surface area contributed by atoms with Gasteiger partial charge in [0.1, 0.15) is 0 Å². The second kappa shape index (κ2) is 4.74. The van der Waals surface area contributed by atoms with Crippen molar-refractivity contribution in [2.24, 2.45) is 0 Å². The van der Waals surface area contributed by atoms with E-state index in [0.717, 1.165) is 11.4 Å². The molecule has 0 amide bonds. The molecular formula is C13H15NOS. The summed E-state index contributed by atoms with van der Waals surface area (Å²) in [7, 11) is 2.00. The quantitative estimate of drug-likeness (QED) is 0.746. The molecule has 1 heterocycles. The van der Waals surface area contributed by atoms with Crippen LogP contribution in [-0.4, -0.2) is 12.8 Å². The average Bonchev–Trinajstić information content (AvgIpc) is 2.57. The highest BCUT2D eigenvalue weighted by Gasteiger charge is 2.21. The van der Waals surface area contributed by atoms with Crippen LogP contribution in [0.3, 0.4) is 0 Å². The van der Waals surface area contributed by atoms with Gasteiger partial charge in [0.2, 0.25) is 0 Å². The Morgan fingerprint density at radius 3 is 2.88 bits per heavy atom. The molecule has 2 rings (SSSR count). The van der Waals surface area contributed by atoms with Crippen LogP contribution in [0.2, 0.25) is 0 Å². The van der Waals surface area contributed by atoms with Gasteiger partial charge in [-0.2, -0.15) is 0 Å². The lowest BCUT2D eigenvalue weighted by Crippen LogP contribution is -2.10. The summed E-state index contributed by atoms with van der Waals surface area (Å²) in [5, 5.41) is 1.03. The van der Waals surface area contributed by atoms with Crippen molar-refractivity contribution >= 4 is 23.2 Å². The molecule has 0 fully saturated rings. The number of carbonyl (C=O) groups excluding carboxylic acids is 1. The molecule has 0 N–H and O–H groups in total. The summed E-state index contributed by atoms with van der Waals surface area (Å²) >= 11 is 1.66. The van der Waals surface area contributed by atoms with Crippen molar-refractivity contribution in [2.75, 3.05) is 11.9 Å². The summed E-state index contributed by atoms with van der Waals surface area (Å²) in [6.07, 6.45) is 3.30. The molecule has 1 aliphatic rings. The summed E-state index contributed by atoms with van der Waals surface area (Å²) < 4.78 is 0. The lowest BCUT2D eigenvalue weighted by atomic mass is 10.2. The van der Waals surface area contributed by atoms with Crippen LogP contribution in [0.4, 0.5) is 5.69 Å². The number of thioether (sulfide) groups is 1. The Bertz CT molecular complexity index is 439. The molecule has 16 heavy (non-hydrogen) atoms. The standard InChI is InChI=1S/C13H15NOS/c1-3-6-10(15)9-13-14(2)11-7-4-5-8-12(11)16-13/h4-5,7-9H,3,6H2,1-2H3/b13-9+. The number of allylic oxidation sites excluding steroid dienone is 1. The molecule has 3 heteroatoms. The Kier molecular flexibility index (Phi) is 3.34. The van der Waals surface area contributed by atoms with Crippen LogP contribution in [0.1, 0.15) is 19.8 Å². The summed E-state index contributed by atoms with van der Waals surface area (Å²) in [6.45, 7) is 2.02. The van der Waals surface area contributed by atoms with Gasteiger partial charge in [-0.15, -0.1) is 0 Å². The van der Waals surface area contributed by atoms with Gasteiger partial charge in [0.25, 0.3) is 0 Å². The molecule has 84 valence electrons. The van der Waals surface area contributed by atoms with Crippen LogP contribution in [-0.2, 0) is 4.79 Å². The minimum Gasteiger partial charge on any atom is -0.338 e. The Balaban J connectivity index is 2.21. The van der Waals surface area contributed by atoms with Gasteiger partial charge in [-0.05, 0) is 18.6 Å². The second-order valence-corrected chi connectivity index (χ2v) is 4.89. The van der Waals surface area contributed by atoms with Crippen LogP contribution in [0.25, 0.3) is 0 Å². The number of hydrogen-bond donors (Lipinski definition) is 0. The largest absolute Gasteiger partial charge is 0.338 e. The summed E-state index contributed by atoms with van der Waals surface area (Å²) in [5.74, 6) is 0.213. The molecule has 0 aliphatic carbocycles. The Morgan fingerprint density at radius 2 is 2.19 bits per heavy atom. The van der Waals surface area contributed by atoms with E-state index >= 15 is 0 Å². The number of ketones is 1. The number of fused-ring (bicyclic) bond motifs is 1. The van der Waals surface area contributed by atoms with Crippen molar-refractivity contribution in [3.8, 4) is 0 Å². The Labute approximate surface area is 100 Å². The second-order valence-electron chi connectivity index (χ2n) is 3.83. The highest BCUT2D eigenvalue weighted by atomic mass is 32.2. The molecule has 0 saturated heterocycles. The van der Waals surface area contributed by atoms with Crippen molar-refractivity contribution in [1.29, 1.82) is 0 Å². The predicted molar refractivity (Wildman–Crippen MR) is 68.7 cm³/mol. The van der Waals surface area contributed by atoms with Crippen molar-refractivity contribution in [1.82, 2.24) is 0 Å². The van der Waals surface area contributed by atoms with Gasteiger partial charge in [0, 0.05) is 24.4 Å². The molecule has 0 unspecified atom stereocenters. The molecule has 2 nitrogen and oxygen atoms in total. The van der Waals surface area contributed by atoms with E-state index in [1.165, 1.54) is 10.6 Å². The van der Waals surface area contributed by atoms with Crippen LogP contribution in [0.5, 0.6) is 0 Å². The molecule has 0 radical (unpaired) electrons. The van der Waals surface area contributed by atoms with Gasteiger partial charge in [-0.3, -0.25) is 4.79 Å². The third kappa shape index (κ3) is 2.14. The zero-order valence-electron chi connectivity index (χ0n) is 9.56. The highest BCUT2D eigenvalue weighted by molar-refractivity contribution is 8.03. The third-order valence-corrected chi connectivity index (χ3v) is 3.72. The maximum absolute atomic E-state index is 11.6. The fraction of sp³-hybridized carbons (Fsp3) is 0.308. The summed E-state index contributed by atoms with van der Waals surface area (Å²) in [4.78, 5) is 14.9. The summed E-state index contributed by atoms with van der Waals surface area (Å²) in [6, 6.07) is 8.21. The number of carbonyl (C=O) groups is 1. The van der Waals surface area contributed by atoms with E-state index in [1.807, 2.05) is 26.1 Å². The van der Waals surface area contributed by atoms with E-state index in [1.54, 1.807) is 17.8 Å². The van der Waals surface area contributed by atoms with E-state index in [-0.39, 0.29) is 5.78 Å². The monoisotopic (exact) mass is 233 g/mol. The number of hydrogen-bond acceptors (Lipinski definition) is 3. The maximum atomic E-state index is 11.6. The first kappa shape index (κ1) is 11.3. The highest BCUT2D eigenvalue weighted by Crippen LogP contribution is 2.44. The number of benzene rings is 1. The smallest absolute Gasteiger partial charge is 0.158 e. The fourth-order valence-electron chi connectivity index (χ4n) is 1.70. The molecule has 0 saturated carbocycles. The van der Waals surface area contributed by atoms with Crippen LogP contribution in [0, 0.1) is 0 Å². The molecule has 1 aromatic carbocycles. The van der Waals surface area contributed by atoms with E-state index in [0.29, 0.717) is 6.42 Å². The zero-order chi connectivity index (χ0) is 11.5. The first-order valence-corrected chi connectivity index (χ1v) is 6.29. The fourth-order valence-corrected chi connectivity index (χ4v) is 2.81. The van der Waals surface area contributed by atoms with Gasteiger partial charge in [0.05, 0.1) is 10.7 Å². The average molecular weight is 233 g/mol. The molecule has 0 spiro atoms.